The van der Waals surface area contributed by atoms with Crippen molar-refractivity contribution in [3.63, 3.8) is 0 Å². The summed E-state index contributed by atoms with van der Waals surface area (Å²) in [5.74, 6) is -0.641. The van der Waals surface area contributed by atoms with Crippen molar-refractivity contribution in [2.24, 2.45) is 0 Å². The molecule has 1 heterocycles. The maximum Gasteiger partial charge on any atom is 0.251 e. The Hall–Kier alpha value is -0.940. The fourth-order valence-electron chi connectivity index (χ4n) is 1.73. The minimum Gasteiger partial charge on any atom is -0.348 e. The molecule has 1 aliphatic heterocycles. The van der Waals surface area contributed by atoms with Crippen molar-refractivity contribution in [2.45, 2.75) is 12.5 Å². The van der Waals surface area contributed by atoms with Crippen LogP contribution < -0.4 is 10.6 Å². The average Bonchev–Trinajstić information content (AvgIpc) is 2.68. The Labute approximate surface area is 102 Å². The first kappa shape index (κ1) is 11.5. The second-order valence-electron chi connectivity index (χ2n) is 3.82. The molecule has 3 nitrogen and oxygen atoms in total. The lowest BCUT2D eigenvalue weighted by Crippen LogP contribution is -2.36. The quantitative estimate of drug-likeness (QED) is 0.869. The van der Waals surface area contributed by atoms with Gasteiger partial charge in [-0.1, -0.05) is 15.9 Å². The van der Waals surface area contributed by atoms with E-state index >= 15 is 0 Å². The van der Waals surface area contributed by atoms with Crippen LogP contribution in [0, 0.1) is 5.82 Å². The molecule has 1 aromatic carbocycles. The Morgan fingerprint density at radius 3 is 2.94 bits per heavy atom. The predicted molar refractivity (Wildman–Crippen MR) is 62.8 cm³/mol. The van der Waals surface area contributed by atoms with Gasteiger partial charge in [-0.05, 0) is 31.2 Å². The van der Waals surface area contributed by atoms with Gasteiger partial charge in [0.05, 0.1) is 0 Å². The predicted octanol–water partition coefficient (Wildman–Crippen LogP) is 1.68. The molecule has 0 unspecified atom stereocenters. The standard InChI is InChI=1S/C11H12BrFN2O/c12-8-3-7(4-9(13)5-8)11(16)15-10-1-2-14-6-10/h3-5,10,14H,1-2,6H2,(H,15,16)/t10-/m1/s1. The van der Waals surface area contributed by atoms with Crippen LogP contribution in [0.4, 0.5) is 4.39 Å². The highest BCUT2D eigenvalue weighted by Crippen LogP contribution is 2.15. The van der Waals surface area contributed by atoms with Crippen molar-refractivity contribution in [1.29, 1.82) is 0 Å². The van der Waals surface area contributed by atoms with Crippen LogP contribution >= 0.6 is 15.9 Å². The molecule has 1 aromatic rings. The van der Waals surface area contributed by atoms with E-state index in [1.54, 1.807) is 6.07 Å². The second-order valence-corrected chi connectivity index (χ2v) is 4.74. The summed E-state index contributed by atoms with van der Waals surface area (Å²) in [6, 6.07) is 4.33. The van der Waals surface area contributed by atoms with Crippen molar-refractivity contribution >= 4 is 21.8 Å². The molecule has 0 spiro atoms. The molecule has 2 rings (SSSR count). The van der Waals surface area contributed by atoms with Crippen LogP contribution in [0.3, 0.4) is 0 Å². The number of carbonyl (C=O) groups excluding carboxylic acids is 1. The molecule has 1 atom stereocenters. The molecule has 0 aromatic heterocycles. The molecule has 86 valence electrons. The number of carbonyl (C=O) groups is 1. The van der Waals surface area contributed by atoms with Gasteiger partial charge in [-0.3, -0.25) is 4.79 Å². The SMILES string of the molecule is O=C(N[C@@H]1CCNC1)c1cc(F)cc(Br)c1. The van der Waals surface area contributed by atoms with Gasteiger partial charge in [-0.2, -0.15) is 0 Å². The third-order valence-corrected chi connectivity index (χ3v) is 2.98. The summed E-state index contributed by atoms with van der Waals surface area (Å²) in [4.78, 5) is 11.8. The molecule has 0 radical (unpaired) electrons. The maximum atomic E-state index is 13.1. The van der Waals surface area contributed by atoms with E-state index in [1.165, 1.54) is 12.1 Å². The summed E-state index contributed by atoms with van der Waals surface area (Å²) >= 11 is 3.16. The summed E-state index contributed by atoms with van der Waals surface area (Å²) in [5.41, 5.74) is 0.346. The van der Waals surface area contributed by atoms with Crippen LogP contribution in [0.15, 0.2) is 22.7 Å². The third-order valence-electron chi connectivity index (χ3n) is 2.52. The Balaban J connectivity index is 2.07. The molecule has 0 aliphatic carbocycles. The van der Waals surface area contributed by atoms with E-state index in [2.05, 4.69) is 26.6 Å². The van der Waals surface area contributed by atoms with Crippen molar-refractivity contribution in [1.82, 2.24) is 10.6 Å². The van der Waals surface area contributed by atoms with E-state index in [9.17, 15) is 9.18 Å². The zero-order valence-corrected chi connectivity index (χ0v) is 10.2. The van der Waals surface area contributed by atoms with E-state index in [1.807, 2.05) is 0 Å². The molecule has 0 saturated carbocycles. The van der Waals surface area contributed by atoms with Gasteiger partial charge < -0.3 is 10.6 Å². The minimum atomic E-state index is -0.413. The molecular formula is C11H12BrFN2O. The molecule has 5 heteroatoms. The number of rotatable bonds is 2. The van der Waals surface area contributed by atoms with E-state index < -0.39 is 5.82 Å². The van der Waals surface area contributed by atoms with Crippen LogP contribution in [0.1, 0.15) is 16.8 Å². The summed E-state index contributed by atoms with van der Waals surface area (Å²) in [6.07, 6.45) is 0.919. The van der Waals surface area contributed by atoms with Gasteiger partial charge in [-0.25, -0.2) is 4.39 Å². The molecule has 1 aliphatic rings. The number of halogens is 2. The van der Waals surface area contributed by atoms with E-state index in [0.717, 1.165) is 19.5 Å². The topological polar surface area (TPSA) is 41.1 Å². The number of benzene rings is 1. The summed E-state index contributed by atoms with van der Waals surface area (Å²) in [7, 11) is 0. The number of amides is 1. The highest BCUT2D eigenvalue weighted by Gasteiger charge is 2.17. The van der Waals surface area contributed by atoms with E-state index in [0.29, 0.717) is 10.0 Å². The van der Waals surface area contributed by atoms with Gasteiger partial charge in [0, 0.05) is 22.6 Å². The molecule has 1 amide bonds. The van der Waals surface area contributed by atoms with E-state index in [-0.39, 0.29) is 11.9 Å². The lowest BCUT2D eigenvalue weighted by Gasteiger charge is -2.11. The van der Waals surface area contributed by atoms with Crippen molar-refractivity contribution in [3.05, 3.63) is 34.1 Å². The van der Waals surface area contributed by atoms with Gasteiger partial charge in [0.15, 0.2) is 0 Å². The Morgan fingerprint density at radius 2 is 2.31 bits per heavy atom. The normalized spacial score (nSPS) is 19.8. The van der Waals surface area contributed by atoms with Gasteiger partial charge in [-0.15, -0.1) is 0 Å². The van der Waals surface area contributed by atoms with Gasteiger partial charge in [0.1, 0.15) is 5.82 Å². The van der Waals surface area contributed by atoms with Gasteiger partial charge >= 0.3 is 0 Å². The number of hydrogen-bond donors (Lipinski definition) is 2. The Kier molecular flexibility index (Phi) is 3.56. The molecule has 1 saturated heterocycles. The highest BCUT2D eigenvalue weighted by atomic mass is 79.9. The first-order chi connectivity index (χ1) is 7.65. The van der Waals surface area contributed by atoms with Gasteiger partial charge in [0.2, 0.25) is 0 Å². The minimum absolute atomic E-state index is 0.148. The molecule has 16 heavy (non-hydrogen) atoms. The third kappa shape index (κ3) is 2.80. The molecule has 1 fully saturated rings. The lowest BCUT2D eigenvalue weighted by molar-refractivity contribution is 0.0939. The first-order valence-electron chi connectivity index (χ1n) is 5.13. The first-order valence-corrected chi connectivity index (χ1v) is 5.92. The molecule has 0 bridgehead atoms. The van der Waals surface area contributed by atoms with Gasteiger partial charge in [0.25, 0.3) is 5.91 Å². The zero-order valence-electron chi connectivity index (χ0n) is 8.59. The zero-order chi connectivity index (χ0) is 11.5. The van der Waals surface area contributed by atoms with Crippen molar-refractivity contribution in [3.8, 4) is 0 Å². The van der Waals surface area contributed by atoms with Crippen LogP contribution in [0.5, 0.6) is 0 Å². The smallest absolute Gasteiger partial charge is 0.251 e. The summed E-state index contributed by atoms with van der Waals surface area (Å²) in [6.45, 7) is 1.69. The summed E-state index contributed by atoms with van der Waals surface area (Å²) in [5, 5.41) is 6.01. The maximum absolute atomic E-state index is 13.1. The largest absolute Gasteiger partial charge is 0.348 e. The van der Waals surface area contributed by atoms with Crippen LogP contribution in [0.2, 0.25) is 0 Å². The number of hydrogen-bond acceptors (Lipinski definition) is 2. The fraction of sp³-hybridized carbons (Fsp3) is 0.364. The Morgan fingerprint density at radius 1 is 1.50 bits per heavy atom. The highest BCUT2D eigenvalue weighted by molar-refractivity contribution is 9.10. The lowest BCUT2D eigenvalue weighted by atomic mass is 10.2. The number of nitrogens with one attached hydrogen (secondary N) is 2. The van der Waals surface area contributed by atoms with Crippen molar-refractivity contribution in [2.75, 3.05) is 13.1 Å². The Bertz CT molecular complexity index is 385. The average molecular weight is 287 g/mol. The van der Waals surface area contributed by atoms with Crippen molar-refractivity contribution < 1.29 is 9.18 Å². The second kappa shape index (κ2) is 4.93. The van der Waals surface area contributed by atoms with E-state index in [4.69, 9.17) is 0 Å². The van der Waals surface area contributed by atoms with Crippen LogP contribution in [-0.2, 0) is 0 Å². The van der Waals surface area contributed by atoms with Crippen LogP contribution in [0.25, 0.3) is 0 Å². The molecule has 2 N–H and O–H groups in total. The molecular weight excluding hydrogens is 275 g/mol. The fourth-order valence-corrected chi connectivity index (χ4v) is 2.20. The summed E-state index contributed by atoms with van der Waals surface area (Å²) < 4.78 is 13.7. The monoisotopic (exact) mass is 286 g/mol. The van der Waals surface area contributed by atoms with Crippen LogP contribution in [-0.4, -0.2) is 25.0 Å².